The van der Waals surface area contributed by atoms with E-state index in [2.05, 4.69) is 82.9 Å². The summed E-state index contributed by atoms with van der Waals surface area (Å²) in [5.41, 5.74) is 24.4. The van der Waals surface area contributed by atoms with E-state index in [1.165, 1.54) is 0 Å². The molecular formula is C32H20. The van der Waals surface area contributed by atoms with E-state index in [9.17, 15) is 0 Å². The molecule has 32 heavy (non-hydrogen) atoms. The van der Waals surface area contributed by atoms with Crippen molar-refractivity contribution in [3.05, 3.63) is 178 Å². The van der Waals surface area contributed by atoms with Crippen LogP contribution in [0.2, 0.25) is 0 Å². The Morgan fingerprint density at radius 2 is 0.562 bits per heavy atom. The van der Waals surface area contributed by atoms with Crippen LogP contribution in [-0.2, 0) is 0 Å². The second kappa shape index (κ2) is 10.9. The molecule has 0 bridgehead atoms. The van der Waals surface area contributed by atoms with Crippen molar-refractivity contribution in [2.24, 2.45) is 0 Å². The third-order valence-corrected chi connectivity index (χ3v) is 4.81. The maximum atomic E-state index is 3.22. The first-order valence-electron chi connectivity index (χ1n) is 10.4. The highest BCUT2D eigenvalue weighted by Crippen LogP contribution is 2.22. The van der Waals surface area contributed by atoms with Crippen molar-refractivity contribution < 1.29 is 0 Å². The van der Waals surface area contributed by atoms with Crippen LogP contribution in [0.15, 0.2) is 156 Å². The molecule has 0 amide bonds. The SMILES string of the molecule is C(=C=C=C=C(c1ccccc1)c1ccccc1)=C=C=C(c1ccccc1)c1ccccc1. The van der Waals surface area contributed by atoms with Gasteiger partial charge in [-0.15, -0.1) is 0 Å². The summed E-state index contributed by atoms with van der Waals surface area (Å²) in [6.45, 7) is 0. The van der Waals surface area contributed by atoms with E-state index in [-0.39, 0.29) is 0 Å². The van der Waals surface area contributed by atoms with Gasteiger partial charge in [0.2, 0.25) is 0 Å². The lowest BCUT2D eigenvalue weighted by molar-refractivity contribution is 1.55. The van der Waals surface area contributed by atoms with E-state index in [4.69, 9.17) is 0 Å². The maximum Gasteiger partial charge on any atom is 0.0400 e. The van der Waals surface area contributed by atoms with Gasteiger partial charge in [-0.25, -0.2) is 0 Å². The lowest BCUT2D eigenvalue weighted by atomic mass is 9.99. The molecule has 0 nitrogen and oxygen atoms in total. The van der Waals surface area contributed by atoms with Gasteiger partial charge in [-0.05, 0) is 45.2 Å². The van der Waals surface area contributed by atoms with Gasteiger partial charge in [0.25, 0.3) is 0 Å². The number of rotatable bonds is 4. The Bertz CT molecular complexity index is 1220. The van der Waals surface area contributed by atoms with Crippen LogP contribution in [-0.4, -0.2) is 0 Å². The van der Waals surface area contributed by atoms with Gasteiger partial charge >= 0.3 is 0 Å². The van der Waals surface area contributed by atoms with Crippen LogP contribution in [0.1, 0.15) is 22.3 Å². The fourth-order valence-electron chi connectivity index (χ4n) is 3.29. The number of hydrogen-bond acceptors (Lipinski definition) is 0. The van der Waals surface area contributed by atoms with Gasteiger partial charge in [0.15, 0.2) is 0 Å². The largest absolute Gasteiger partial charge is 0.0622 e. The average Bonchev–Trinajstić information content (AvgIpc) is 2.88. The van der Waals surface area contributed by atoms with Crippen molar-refractivity contribution >= 4 is 11.1 Å². The molecule has 0 fully saturated rings. The minimum absolute atomic E-state index is 0.953. The van der Waals surface area contributed by atoms with Gasteiger partial charge in [0.1, 0.15) is 0 Å². The quantitative estimate of drug-likeness (QED) is 0.307. The Labute approximate surface area is 189 Å². The third-order valence-electron chi connectivity index (χ3n) is 4.81. The van der Waals surface area contributed by atoms with Crippen molar-refractivity contribution in [3.8, 4) is 0 Å². The van der Waals surface area contributed by atoms with Gasteiger partial charge in [0, 0.05) is 11.1 Å². The molecule has 0 aliphatic heterocycles. The van der Waals surface area contributed by atoms with Crippen LogP contribution < -0.4 is 0 Å². The fraction of sp³-hybridized carbons (Fsp3) is 0. The zero-order chi connectivity index (χ0) is 21.8. The Morgan fingerprint density at radius 1 is 0.312 bits per heavy atom. The van der Waals surface area contributed by atoms with E-state index in [1.807, 2.05) is 72.8 Å². The van der Waals surface area contributed by atoms with Crippen LogP contribution in [0, 0.1) is 0 Å². The molecule has 0 unspecified atom stereocenters. The zero-order valence-electron chi connectivity index (χ0n) is 17.5. The third kappa shape index (κ3) is 5.46. The predicted octanol–water partition coefficient (Wildman–Crippen LogP) is 7.62. The van der Waals surface area contributed by atoms with E-state index in [0.717, 1.165) is 33.4 Å². The Hall–Kier alpha value is -4.70. The van der Waals surface area contributed by atoms with Crippen molar-refractivity contribution in [1.82, 2.24) is 0 Å². The topological polar surface area (TPSA) is 0 Å². The molecular weight excluding hydrogens is 384 g/mol. The van der Waals surface area contributed by atoms with Crippen LogP contribution in [0.5, 0.6) is 0 Å². The molecule has 0 heterocycles. The smallest absolute Gasteiger partial charge is 0.0400 e. The first-order valence-corrected chi connectivity index (χ1v) is 10.4. The van der Waals surface area contributed by atoms with Gasteiger partial charge in [0.05, 0.1) is 0 Å². The predicted molar refractivity (Wildman–Crippen MR) is 132 cm³/mol. The summed E-state index contributed by atoms with van der Waals surface area (Å²) >= 11 is 0. The lowest BCUT2D eigenvalue weighted by Crippen LogP contribution is -1.85. The maximum absolute atomic E-state index is 3.22. The molecule has 148 valence electrons. The minimum Gasteiger partial charge on any atom is -0.0622 e. The van der Waals surface area contributed by atoms with Crippen molar-refractivity contribution in [1.29, 1.82) is 0 Å². The summed E-state index contributed by atoms with van der Waals surface area (Å²) in [6, 6.07) is 40.6. The summed E-state index contributed by atoms with van der Waals surface area (Å²) in [6.07, 6.45) is 0. The number of benzene rings is 4. The summed E-state index contributed by atoms with van der Waals surface area (Å²) in [7, 11) is 0. The van der Waals surface area contributed by atoms with Crippen molar-refractivity contribution in [2.45, 2.75) is 0 Å². The molecule has 0 radical (unpaired) electrons. The average molecular weight is 405 g/mol. The molecule has 0 aliphatic rings. The van der Waals surface area contributed by atoms with E-state index in [1.54, 1.807) is 0 Å². The molecule has 4 aromatic carbocycles. The van der Waals surface area contributed by atoms with Crippen LogP contribution in [0.3, 0.4) is 0 Å². The molecule has 0 heteroatoms. The van der Waals surface area contributed by atoms with Gasteiger partial charge in [-0.3, -0.25) is 0 Å². The summed E-state index contributed by atoms with van der Waals surface area (Å²) in [5.74, 6) is 0. The molecule has 0 aliphatic carbocycles. The monoisotopic (exact) mass is 404 g/mol. The highest BCUT2D eigenvalue weighted by atomic mass is 14.1. The summed E-state index contributed by atoms with van der Waals surface area (Å²) in [5, 5.41) is 0. The van der Waals surface area contributed by atoms with Crippen LogP contribution in [0.25, 0.3) is 11.1 Å². The lowest BCUT2D eigenvalue weighted by Gasteiger charge is -2.04. The van der Waals surface area contributed by atoms with Crippen molar-refractivity contribution in [2.75, 3.05) is 0 Å². The van der Waals surface area contributed by atoms with E-state index in [0.29, 0.717) is 0 Å². The Balaban J connectivity index is 1.87. The second-order valence-electron chi connectivity index (χ2n) is 6.96. The van der Waals surface area contributed by atoms with E-state index < -0.39 is 0 Å². The van der Waals surface area contributed by atoms with Gasteiger partial charge in [-0.1, -0.05) is 133 Å². The molecule has 4 aromatic rings. The van der Waals surface area contributed by atoms with Crippen molar-refractivity contribution in [3.63, 3.8) is 0 Å². The molecule has 0 atom stereocenters. The molecule has 0 saturated heterocycles. The van der Waals surface area contributed by atoms with Gasteiger partial charge < -0.3 is 0 Å². The minimum atomic E-state index is 0.953. The van der Waals surface area contributed by atoms with E-state index >= 15 is 0 Å². The Kier molecular flexibility index (Phi) is 7.01. The second-order valence-corrected chi connectivity index (χ2v) is 6.96. The summed E-state index contributed by atoms with van der Waals surface area (Å²) in [4.78, 5) is 0. The first kappa shape index (κ1) is 20.6. The van der Waals surface area contributed by atoms with Gasteiger partial charge in [-0.2, -0.15) is 0 Å². The van der Waals surface area contributed by atoms with Crippen LogP contribution in [0.4, 0.5) is 0 Å². The number of hydrogen-bond donors (Lipinski definition) is 0. The Morgan fingerprint density at radius 3 is 0.812 bits per heavy atom. The standard InChI is InChI=1S/C32H20/c1(15-25-31(27-17-7-3-8-18-27)28-19-9-4-10-20-28)2-16-26-32(29-21-11-5-12-22-29)30-23-13-6-14-24-30/h3-14,17-24H. The highest BCUT2D eigenvalue weighted by molar-refractivity contribution is 5.79. The molecule has 0 saturated carbocycles. The molecule has 0 N–H and O–H groups in total. The molecule has 4 rings (SSSR count). The summed E-state index contributed by atoms with van der Waals surface area (Å²) < 4.78 is 0. The fourth-order valence-corrected chi connectivity index (χ4v) is 3.29. The van der Waals surface area contributed by atoms with Crippen LogP contribution >= 0.6 is 0 Å². The normalized spacial score (nSPS) is 9.12. The highest BCUT2D eigenvalue weighted by Gasteiger charge is 2.03. The molecule has 0 spiro atoms. The molecule has 0 aromatic heterocycles. The first-order chi connectivity index (χ1) is 15.9. The zero-order valence-corrected chi connectivity index (χ0v) is 17.5.